The molecule has 0 spiro atoms. The number of para-hydroxylation sites is 2. The molecule has 1 aliphatic rings. The van der Waals surface area contributed by atoms with Crippen LogP contribution in [0.4, 0.5) is 0 Å². The van der Waals surface area contributed by atoms with E-state index in [1.54, 1.807) is 0 Å². The van der Waals surface area contributed by atoms with Gasteiger partial charge in [0.2, 0.25) is 0 Å². The van der Waals surface area contributed by atoms with Gasteiger partial charge in [-0.05, 0) is 47.6 Å². The van der Waals surface area contributed by atoms with Gasteiger partial charge in [-0.1, -0.05) is 45.9 Å². The van der Waals surface area contributed by atoms with E-state index in [0.29, 0.717) is 18.4 Å². The highest BCUT2D eigenvalue weighted by atomic mass is 16.5. The van der Waals surface area contributed by atoms with E-state index in [9.17, 15) is 20.1 Å². The van der Waals surface area contributed by atoms with Crippen LogP contribution in [0.3, 0.4) is 0 Å². The number of phenols is 1. The summed E-state index contributed by atoms with van der Waals surface area (Å²) in [7, 11) is 0. The number of fused-ring (bicyclic) bond motifs is 1. The van der Waals surface area contributed by atoms with Crippen LogP contribution in [0, 0.1) is 5.41 Å². The van der Waals surface area contributed by atoms with Crippen LogP contribution >= 0.6 is 0 Å². The number of aliphatic hydroxyl groups excluding tert-OH is 2. The molecule has 0 fully saturated rings. The number of nitrogens with zero attached hydrogens (tertiary/aromatic N) is 2. The third-order valence-electron chi connectivity index (χ3n) is 6.27. The molecule has 0 radical (unpaired) electrons. The molecule has 1 heterocycles. The van der Waals surface area contributed by atoms with Crippen molar-refractivity contribution in [3.05, 3.63) is 63.8 Å². The van der Waals surface area contributed by atoms with Crippen molar-refractivity contribution in [2.24, 2.45) is 15.4 Å². The number of aromatic hydroxyl groups is 1. The van der Waals surface area contributed by atoms with Crippen molar-refractivity contribution in [2.45, 2.75) is 58.5 Å². The Hall–Kier alpha value is -2.77. The van der Waals surface area contributed by atoms with E-state index < -0.39 is 17.6 Å². The molecule has 0 unspecified atom stereocenters. The Labute approximate surface area is 194 Å². The van der Waals surface area contributed by atoms with Gasteiger partial charge in [0, 0.05) is 12.0 Å². The zero-order chi connectivity index (χ0) is 24.2. The topological polar surface area (TPSA) is 112 Å². The van der Waals surface area contributed by atoms with E-state index >= 15 is 0 Å². The Morgan fingerprint density at radius 2 is 1.67 bits per heavy atom. The smallest absolute Gasteiger partial charge is 0.306 e. The van der Waals surface area contributed by atoms with Crippen LogP contribution in [0.5, 0.6) is 5.75 Å². The SMILES string of the molecule is CCC(CO)(CO)COC(=O)CCc1cc(C2N=c3ccccc3=N2)c(O)c(C(C)(C)C)c1. The van der Waals surface area contributed by atoms with Crippen molar-refractivity contribution in [1.29, 1.82) is 0 Å². The van der Waals surface area contributed by atoms with Gasteiger partial charge in [-0.25, -0.2) is 0 Å². The lowest BCUT2D eigenvalue weighted by molar-refractivity contribution is -0.149. The minimum Gasteiger partial charge on any atom is -0.507 e. The fraction of sp³-hybridized carbons (Fsp3) is 0.500. The second kappa shape index (κ2) is 10.0. The molecule has 0 saturated heterocycles. The molecule has 7 nitrogen and oxygen atoms in total. The molecule has 0 amide bonds. The Bertz CT molecular complexity index is 1070. The van der Waals surface area contributed by atoms with Gasteiger partial charge in [0.25, 0.3) is 0 Å². The second-order valence-electron chi connectivity index (χ2n) is 9.78. The summed E-state index contributed by atoms with van der Waals surface area (Å²) in [5.74, 6) is -0.220. The van der Waals surface area contributed by atoms with Crippen LogP contribution in [-0.4, -0.2) is 41.1 Å². The fourth-order valence-electron chi connectivity index (χ4n) is 3.76. The molecule has 0 aliphatic carbocycles. The largest absolute Gasteiger partial charge is 0.507 e. The minimum absolute atomic E-state index is 0.0263. The van der Waals surface area contributed by atoms with Gasteiger partial charge in [-0.2, -0.15) is 0 Å². The van der Waals surface area contributed by atoms with Crippen molar-refractivity contribution in [3.8, 4) is 5.75 Å². The van der Waals surface area contributed by atoms with Gasteiger partial charge in [-0.15, -0.1) is 0 Å². The van der Waals surface area contributed by atoms with Gasteiger partial charge < -0.3 is 20.1 Å². The molecule has 33 heavy (non-hydrogen) atoms. The number of aliphatic hydroxyl groups is 2. The van der Waals surface area contributed by atoms with E-state index in [2.05, 4.69) is 9.98 Å². The van der Waals surface area contributed by atoms with Gasteiger partial charge in [0.05, 0.1) is 29.3 Å². The first-order valence-corrected chi connectivity index (χ1v) is 11.4. The second-order valence-corrected chi connectivity index (χ2v) is 9.78. The molecule has 0 atom stereocenters. The summed E-state index contributed by atoms with van der Waals surface area (Å²) in [4.78, 5) is 21.7. The van der Waals surface area contributed by atoms with Crippen LogP contribution in [-0.2, 0) is 21.4 Å². The number of carbonyl (C=O) groups excluding carboxylic acids is 1. The highest BCUT2D eigenvalue weighted by molar-refractivity contribution is 5.69. The number of aryl methyl sites for hydroxylation is 1. The van der Waals surface area contributed by atoms with Crippen molar-refractivity contribution in [1.82, 2.24) is 0 Å². The van der Waals surface area contributed by atoms with E-state index in [0.717, 1.165) is 21.8 Å². The van der Waals surface area contributed by atoms with E-state index in [1.807, 2.05) is 64.1 Å². The number of rotatable bonds is 9. The summed E-state index contributed by atoms with van der Waals surface area (Å²) >= 11 is 0. The Balaban J connectivity index is 1.82. The van der Waals surface area contributed by atoms with Gasteiger partial charge in [0.1, 0.15) is 12.4 Å². The molecule has 1 aliphatic heterocycles. The third-order valence-corrected chi connectivity index (χ3v) is 6.27. The molecular weight excluding hydrogens is 420 g/mol. The first kappa shape index (κ1) is 24.9. The molecule has 2 aromatic carbocycles. The standard InChI is InChI=1S/C26H34N2O5/c1-5-26(14-29,15-30)16-33-22(31)11-10-17-12-18(23(32)19(13-17)25(2,3)4)24-27-20-8-6-7-9-21(20)28-24/h6-9,12-13,24,29-30,32H,5,10-11,14-16H2,1-4H3. The summed E-state index contributed by atoms with van der Waals surface area (Å²) in [6, 6.07) is 11.4. The number of carbonyl (C=O) groups is 1. The first-order valence-electron chi connectivity index (χ1n) is 11.4. The number of ether oxygens (including phenoxy) is 1. The molecule has 2 aromatic rings. The number of benzene rings is 2. The molecule has 7 heteroatoms. The predicted octanol–water partition coefficient (Wildman–Crippen LogP) is 2.50. The van der Waals surface area contributed by atoms with Crippen LogP contribution in [0.1, 0.15) is 63.4 Å². The molecule has 3 rings (SSSR count). The maximum atomic E-state index is 12.4. The van der Waals surface area contributed by atoms with Crippen molar-refractivity contribution in [2.75, 3.05) is 19.8 Å². The summed E-state index contributed by atoms with van der Waals surface area (Å²) in [5, 5.41) is 31.7. The number of hydrogen-bond donors (Lipinski definition) is 3. The predicted molar refractivity (Wildman–Crippen MR) is 124 cm³/mol. The first-order chi connectivity index (χ1) is 15.6. The zero-order valence-corrected chi connectivity index (χ0v) is 19.8. The highest BCUT2D eigenvalue weighted by Crippen LogP contribution is 2.39. The van der Waals surface area contributed by atoms with Crippen molar-refractivity contribution < 1.29 is 24.9 Å². The number of phenolic OH excluding ortho intramolecular Hbond substituents is 1. The monoisotopic (exact) mass is 454 g/mol. The molecule has 0 aromatic heterocycles. The third kappa shape index (κ3) is 5.60. The fourth-order valence-corrected chi connectivity index (χ4v) is 3.76. The molecule has 3 N–H and O–H groups in total. The lowest BCUT2D eigenvalue weighted by Gasteiger charge is -2.27. The van der Waals surface area contributed by atoms with E-state index in [1.165, 1.54) is 0 Å². The summed E-state index contributed by atoms with van der Waals surface area (Å²) in [6.45, 7) is 7.38. The lowest BCUT2D eigenvalue weighted by atomic mass is 9.83. The van der Waals surface area contributed by atoms with Gasteiger partial charge in [-0.3, -0.25) is 14.8 Å². The summed E-state index contributed by atoms with van der Waals surface area (Å²) in [5.41, 5.74) is 1.14. The normalized spacial score (nSPS) is 13.9. The van der Waals surface area contributed by atoms with E-state index in [-0.39, 0.29) is 37.4 Å². The van der Waals surface area contributed by atoms with Crippen LogP contribution in [0.25, 0.3) is 0 Å². The van der Waals surface area contributed by atoms with Crippen LogP contribution < -0.4 is 10.7 Å². The van der Waals surface area contributed by atoms with Crippen molar-refractivity contribution in [3.63, 3.8) is 0 Å². The summed E-state index contributed by atoms with van der Waals surface area (Å²) in [6.07, 6.45) is 0.533. The number of esters is 1. The Morgan fingerprint density at radius 1 is 1.06 bits per heavy atom. The zero-order valence-electron chi connectivity index (χ0n) is 19.8. The molecule has 178 valence electrons. The Kier molecular flexibility index (Phi) is 7.55. The quantitative estimate of drug-likeness (QED) is 0.504. The minimum atomic E-state index is -0.818. The average Bonchev–Trinajstić information content (AvgIpc) is 3.23. The van der Waals surface area contributed by atoms with Crippen molar-refractivity contribution >= 4 is 5.97 Å². The van der Waals surface area contributed by atoms with E-state index in [4.69, 9.17) is 4.74 Å². The lowest BCUT2D eigenvalue weighted by Crippen LogP contribution is -2.35. The average molecular weight is 455 g/mol. The summed E-state index contributed by atoms with van der Waals surface area (Å²) < 4.78 is 5.35. The molecular formula is C26H34N2O5. The van der Waals surface area contributed by atoms with Gasteiger partial charge >= 0.3 is 5.97 Å². The van der Waals surface area contributed by atoms with Crippen LogP contribution in [0.15, 0.2) is 46.4 Å². The Morgan fingerprint density at radius 3 is 2.18 bits per heavy atom. The van der Waals surface area contributed by atoms with Crippen LogP contribution in [0.2, 0.25) is 0 Å². The molecule has 0 saturated carbocycles. The maximum Gasteiger partial charge on any atom is 0.306 e. The maximum absolute atomic E-state index is 12.4. The molecule has 0 bridgehead atoms. The highest BCUT2D eigenvalue weighted by Gasteiger charge is 2.29. The number of hydrogen-bond acceptors (Lipinski definition) is 7. The van der Waals surface area contributed by atoms with Gasteiger partial charge in [0.15, 0.2) is 6.17 Å².